The fourth-order valence-electron chi connectivity index (χ4n) is 1.17. The van der Waals surface area contributed by atoms with Crippen molar-refractivity contribution >= 4 is 0 Å². The molecule has 1 aromatic rings. The molecule has 2 N–H and O–H groups in total. The number of rotatable bonds is 6. The van der Waals surface area contributed by atoms with Crippen molar-refractivity contribution in [3.05, 3.63) is 29.6 Å². The van der Waals surface area contributed by atoms with Crippen molar-refractivity contribution in [2.24, 2.45) is 0 Å². The van der Waals surface area contributed by atoms with Crippen molar-refractivity contribution < 1.29 is 23.0 Å². The van der Waals surface area contributed by atoms with Crippen LogP contribution in [-0.2, 0) is 11.3 Å². The van der Waals surface area contributed by atoms with Gasteiger partial charge < -0.3 is 9.84 Å². The van der Waals surface area contributed by atoms with Crippen molar-refractivity contribution in [3.8, 4) is 12.3 Å². The number of pyridine rings is 1. The van der Waals surface area contributed by atoms with E-state index in [9.17, 15) is 13.2 Å². The fourth-order valence-corrected chi connectivity index (χ4v) is 1.17. The van der Waals surface area contributed by atoms with Gasteiger partial charge in [-0.3, -0.25) is 5.32 Å². The second kappa shape index (κ2) is 7.09. The summed E-state index contributed by atoms with van der Waals surface area (Å²) in [6.07, 6.45) is -0.536. The molecule has 19 heavy (non-hydrogen) atoms. The first-order valence-corrected chi connectivity index (χ1v) is 5.41. The predicted molar refractivity (Wildman–Crippen MR) is 61.9 cm³/mol. The first-order chi connectivity index (χ1) is 8.93. The lowest BCUT2D eigenvalue weighted by Crippen LogP contribution is -2.43. The minimum Gasteiger partial charge on any atom is -0.375 e. The summed E-state index contributed by atoms with van der Waals surface area (Å²) in [4.78, 5) is 3.94. The smallest absolute Gasteiger partial charge is 0.375 e. The number of aliphatic hydroxyl groups is 1. The van der Waals surface area contributed by atoms with E-state index in [2.05, 4.69) is 10.9 Å². The average molecular weight is 274 g/mol. The molecule has 0 bridgehead atoms. The highest BCUT2D eigenvalue weighted by molar-refractivity contribution is 5.25. The number of aliphatic hydroxyl groups excluding tert-OH is 1. The highest BCUT2D eigenvalue weighted by Crippen LogP contribution is 2.17. The Balaban J connectivity index is 2.19. The van der Waals surface area contributed by atoms with Crippen LogP contribution in [0.1, 0.15) is 11.3 Å². The van der Waals surface area contributed by atoms with Crippen LogP contribution in [0.4, 0.5) is 13.2 Å². The van der Waals surface area contributed by atoms with E-state index in [1.54, 1.807) is 12.1 Å². The third-order valence-electron chi connectivity index (χ3n) is 2.14. The number of nitrogens with zero attached hydrogens (tertiary/aromatic N) is 1. The molecule has 0 saturated heterocycles. The number of hydrogen-bond donors (Lipinski definition) is 2. The lowest BCUT2D eigenvalue weighted by Gasteiger charge is -2.15. The number of alkyl halides is 3. The largest absolute Gasteiger partial charge is 0.427 e. The summed E-state index contributed by atoms with van der Waals surface area (Å²) >= 11 is 0. The first-order valence-electron chi connectivity index (χ1n) is 5.41. The van der Waals surface area contributed by atoms with Crippen molar-refractivity contribution in [3.63, 3.8) is 0 Å². The maximum absolute atomic E-state index is 11.9. The Morgan fingerprint density at radius 1 is 1.47 bits per heavy atom. The lowest BCUT2D eigenvalue weighted by molar-refractivity contribution is -0.213. The summed E-state index contributed by atoms with van der Waals surface area (Å²) < 4.78 is 40.9. The molecule has 0 aliphatic carbocycles. The van der Waals surface area contributed by atoms with Gasteiger partial charge in [0.1, 0.15) is 5.69 Å². The van der Waals surface area contributed by atoms with E-state index in [4.69, 9.17) is 16.3 Å². The summed E-state index contributed by atoms with van der Waals surface area (Å²) in [5.41, 5.74) is 1.26. The van der Waals surface area contributed by atoms with Crippen LogP contribution in [-0.4, -0.2) is 35.6 Å². The molecule has 4 nitrogen and oxygen atoms in total. The Morgan fingerprint density at radius 2 is 2.21 bits per heavy atom. The van der Waals surface area contributed by atoms with Crippen LogP contribution >= 0.6 is 0 Å². The predicted octanol–water partition coefficient (Wildman–Crippen LogP) is 1.05. The van der Waals surface area contributed by atoms with Crippen LogP contribution in [0, 0.1) is 12.3 Å². The van der Waals surface area contributed by atoms with Crippen molar-refractivity contribution in [1.29, 1.82) is 0 Å². The highest BCUT2D eigenvalue weighted by Gasteiger charge is 2.37. The SMILES string of the molecule is C#Cc1ccc(COCCNC(O)C(F)(F)F)cn1. The second-order valence-electron chi connectivity index (χ2n) is 3.65. The molecule has 0 aliphatic rings. The van der Waals surface area contributed by atoms with Gasteiger partial charge in [0.15, 0.2) is 0 Å². The molecule has 0 saturated carbocycles. The molecule has 0 amide bonds. The van der Waals surface area contributed by atoms with E-state index in [1.165, 1.54) is 6.20 Å². The number of aromatic nitrogens is 1. The minimum absolute atomic E-state index is 0.0318. The standard InChI is InChI=1S/C12H13F3N2O2/c1-2-10-4-3-9(7-17-10)8-19-6-5-16-11(18)12(13,14)15/h1,3-4,7,11,16,18H,5-6,8H2. The number of terminal acetylenes is 1. The molecule has 0 spiro atoms. The normalized spacial score (nSPS) is 13.0. The van der Waals surface area contributed by atoms with Gasteiger partial charge in [-0.25, -0.2) is 4.98 Å². The summed E-state index contributed by atoms with van der Waals surface area (Å²) in [6, 6.07) is 3.37. The van der Waals surface area contributed by atoms with Gasteiger partial charge in [-0.05, 0) is 11.6 Å². The van der Waals surface area contributed by atoms with Crippen molar-refractivity contribution in [1.82, 2.24) is 10.3 Å². The quantitative estimate of drug-likeness (QED) is 0.462. The van der Waals surface area contributed by atoms with E-state index >= 15 is 0 Å². The third kappa shape index (κ3) is 5.70. The van der Waals surface area contributed by atoms with Gasteiger partial charge in [0, 0.05) is 12.7 Å². The zero-order valence-electron chi connectivity index (χ0n) is 9.94. The number of nitrogens with one attached hydrogen (secondary N) is 1. The molecule has 1 unspecified atom stereocenters. The van der Waals surface area contributed by atoms with Crippen LogP contribution in [0.3, 0.4) is 0 Å². The molecule has 0 aromatic carbocycles. The number of hydrogen-bond acceptors (Lipinski definition) is 4. The van der Waals surface area contributed by atoms with Gasteiger partial charge in [0.2, 0.25) is 6.23 Å². The van der Waals surface area contributed by atoms with Crippen LogP contribution in [0.15, 0.2) is 18.3 Å². The summed E-state index contributed by atoms with van der Waals surface area (Å²) in [6.45, 7) is 0.127. The number of ether oxygens (including phenoxy) is 1. The zero-order chi connectivity index (χ0) is 14.3. The topological polar surface area (TPSA) is 54.4 Å². The van der Waals surface area contributed by atoms with E-state index < -0.39 is 12.4 Å². The van der Waals surface area contributed by atoms with Crippen LogP contribution in [0.2, 0.25) is 0 Å². The van der Waals surface area contributed by atoms with Gasteiger partial charge in [-0.1, -0.05) is 12.0 Å². The Labute approximate surface area is 108 Å². The summed E-state index contributed by atoms with van der Waals surface area (Å²) in [5.74, 6) is 2.36. The molecule has 1 aromatic heterocycles. The van der Waals surface area contributed by atoms with Crippen LogP contribution < -0.4 is 5.32 Å². The van der Waals surface area contributed by atoms with Crippen LogP contribution in [0.25, 0.3) is 0 Å². The van der Waals surface area contributed by atoms with Crippen LogP contribution in [0.5, 0.6) is 0 Å². The maximum Gasteiger partial charge on any atom is 0.427 e. The molecule has 0 radical (unpaired) electrons. The molecule has 0 aliphatic heterocycles. The van der Waals surface area contributed by atoms with E-state index in [0.717, 1.165) is 5.56 Å². The van der Waals surface area contributed by atoms with Gasteiger partial charge in [-0.2, -0.15) is 13.2 Å². The summed E-state index contributed by atoms with van der Waals surface area (Å²) in [5, 5.41) is 10.5. The molecule has 1 heterocycles. The molecule has 1 atom stereocenters. The zero-order valence-corrected chi connectivity index (χ0v) is 9.94. The van der Waals surface area contributed by atoms with E-state index in [0.29, 0.717) is 5.69 Å². The minimum atomic E-state index is -4.67. The monoisotopic (exact) mass is 274 g/mol. The Hall–Kier alpha value is -1.62. The third-order valence-corrected chi connectivity index (χ3v) is 2.14. The molecule has 7 heteroatoms. The lowest BCUT2D eigenvalue weighted by atomic mass is 10.2. The fraction of sp³-hybridized carbons (Fsp3) is 0.417. The Kier molecular flexibility index (Phi) is 5.76. The van der Waals surface area contributed by atoms with Gasteiger partial charge in [0.05, 0.1) is 13.2 Å². The Morgan fingerprint density at radius 3 is 2.74 bits per heavy atom. The van der Waals surface area contributed by atoms with Gasteiger partial charge in [-0.15, -0.1) is 6.42 Å². The molecular formula is C12H13F3N2O2. The van der Waals surface area contributed by atoms with E-state index in [-0.39, 0.29) is 19.8 Å². The van der Waals surface area contributed by atoms with Gasteiger partial charge in [0.25, 0.3) is 0 Å². The number of halogens is 3. The molecular weight excluding hydrogens is 261 g/mol. The first kappa shape index (κ1) is 15.4. The molecule has 0 fully saturated rings. The molecule has 104 valence electrons. The maximum atomic E-state index is 11.9. The second-order valence-corrected chi connectivity index (χ2v) is 3.65. The van der Waals surface area contributed by atoms with E-state index in [1.807, 2.05) is 5.32 Å². The molecule has 1 rings (SSSR count). The van der Waals surface area contributed by atoms with Crippen molar-refractivity contribution in [2.75, 3.05) is 13.2 Å². The van der Waals surface area contributed by atoms with Crippen molar-refractivity contribution in [2.45, 2.75) is 19.0 Å². The Bertz CT molecular complexity index is 426. The highest BCUT2D eigenvalue weighted by atomic mass is 19.4. The summed E-state index contributed by atoms with van der Waals surface area (Å²) in [7, 11) is 0. The average Bonchev–Trinajstić information content (AvgIpc) is 2.37. The van der Waals surface area contributed by atoms with Gasteiger partial charge >= 0.3 is 6.18 Å².